The zero-order chi connectivity index (χ0) is 11.7. The van der Waals surface area contributed by atoms with E-state index in [-0.39, 0.29) is 5.54 Å². The van der Waals surface area contributed by atoms with Gasteiger partial charge in [-0.05, 0) is 31.7 Å². The van der Waals surface area contributed by atoms with Crippen molar-refractivity contribution in [2.45, 2.75) is 18.9 Å². The van der Waals surface area contributed by atoms with Gasteiger partial charge in [-0.1, -0.05) is 6.08 Å². The Morgan fingerprint density at radius 2 is 2.06 bits per heavy atom. The van der Waals surface area contributed by atoms with Gasteiger partial charge in [-0.2, -0.15) is 0 Å². The van der Waals surface area contributed by atoms with Crippen molar-refractivity contribution in [2.24, 2.45) is 0 Å². The summed E-state index contributed by atoms with van der Waals surface area (Å²) >= 11 is 0. The molecule has 2 N–H and O–H groups in total. The average Bonchev–Trinajstić information content (AvgIpc) is 3.01. The van der Waals surface area contributed by atoms with Crippen molar-refractivity contribution in [1.29, 1.82) is 0 Å². The molecule has 0 spiro atoms. The summed E-state index contributed by atoms with van der Waals surface area (Å²) in [4.78, 5) is 3.02. The van der Waals surface area contributed by atoms with E-state index in [0.29, 0.717) is 11.6 Å². The van der Waals surface area contributed by atoms with Crippen molar-refractivity contribution in [3.05, 3.63) is 36.4 Å². The quantitative estimate of drug-likeness (QED) is 0.801. The van der Waals surface area contributed by atoms with E-state index in [0.717, 1.165) is 12.1 Å². The Balaban J connectivity index is 1.90. The van der Waals surface area contributed by atoms with Crippen LogP contribution in [0.15, 0.2) is 30.6 Å². The first kappa shape index (κ1) is 9.95. The van der Waals surface area contributed by atoms with Gasteiger partial charge in [0.1, 0.15) is 5.54 Å². The lowest BCUT2D eigenvalue weighted by molar-refractivity contribution is 0.408. The molecule has 0 fully saturated rings. The summed E-state index contributed by atoms with van der Waals surface area (Å²) < 4.78 is 0. The molecule has 0 aromatic carbocycles. The molecule has 1 aliphatic heterocycles. The highest BCUT2D eigenvalue weighted by Gasteiger charge is 2.31. The number of aromatic nitrogens is 5. The molecule has 0 amide bonds. The van der Waals surface area contributed by atoms with Crippen LogP contribution in [0, 0.1) is 0 Å². The Hall–Kier alpha value is -2.24. The first-order chi connectivity index (χ1) is 8.28. The van der Waals surface area contributed by atoms with Crippen LogP contribution in [0.4, 0.5) is 0 Å². The minimum Gasteiger partial charge on any atom is -0.379 e. The lowest BCUT2D eigenvalue weighted by Crippen LogP contribution is -2.34. The summed E-state index contributed by atoms with van der Waals surface area (Å²) in [5.74, 6) is 1.12. The molecular formula is C11H12N6. The summed E-state index contributed by atoms with van der Waals surface area (Å²) in [6.45, 7) is 2.03. The van der Waals surface area contributed by atoms with Crippen molar-refractivity contribution >= 4 is 0 Å². The molecule has 17 heavy (non-hydrogen) atoms. The van der Waals surface area contributed by atoms with Gasteiger partial charge >= 0.3 is 0 Å². The topological polar surface area (TPSA) is 79.4 Å². The zero-order valence-corrected chi connectivity index (χ0v) is 9.38. The van der Waals surface area contributed by atoms with E-state index in [4.69, 9.17) is 0 Å². The van der Waals surface area contributed by atoms with Gasteiger partial charge in [0.25, 0.3) is 0 Å². The van der Waals surface area contributed by atoms with Crippen LogP contribution in [0.5, 0.6) is 0 Å². The second kappa shape index (κ2) is 3.65. The molecule has 0 saturated heterocycles. The molecule has 2 aromatic heterocycles. The molecule has 3 rings (SSSR count). The summed E-state index contributed by atoms with van der Waals surface area (Å²) in [6, 6.07) is 3.77. The van der Waals surface area contributed by atoms with Crippen molar-refractivity contribution < 1.29 is 0 Å². The molecule has 6 nitrogen and oxygen atoms in total. The minimum absolute atomic E-state index is 0.283. The molecule has 0 aliphatic carbocycles. The highest BCUT2D eigenvalue weighted by Crippen LogP contribution is 2.24. The molecule has 86 valence electrons. The Bertz CT molecular complexity index is 520. The molecule has 0 saturated carbocycles. The van der Waals surface area contributed by atoms with Crippen LogP contribution in [0.25, 0.3) is 11.5 Å². The summed E-state index contributed by atoms with van der Waals surface area (Å²) in [6.07, 6.45) is 6.61. The molecule has 0 radical (unpaired) electrons. The number of rotatable bonds is 2. The van der Waals surface area contributed by atoms with Gasteiger partial charge in [0, 0.05) is 6.20 Å². The monoisotopic (exact) mass is 228 g/mol. The molecule has 1 aliphatic rings. The largest absolute Gasteiger partial charge is 0.379 e. The van der Waals surface area contributed by atoms with Gasteiger partial charge in [0.15, 0.2) is 5.82 Å². The number of aromatic amines is 1. The maximum Gasteiger partial charge on any atom is 0.219 e. The number of hydrogen-bond acceptors (Lipinski definition) is 5. The lowest BCUT2D eigenvalue weighted by Gasteiger charge is -2.21. The molecular weight excluding hydrogens is 216 g/mol. The van der Waals surface area contributed by atoms with E-state index in [1.165, 1.54) is 0 Å². The number of nitrogens with zero attached hydrogens (tertiary/aromatic N) is 4. The van der Waals surface area contributed by atoms with E-state index in [2.05, 4.69) is 30.7 Å². The van der Waals surface area contributed by atoms with E-state index in [1.807, 2.05) is 37.5 Å². The fraction of sp³-hybridized carbons (Fsp3) is 0.273. The molecule has 1 atom stereocenters. The normalized spacial score (nSPS) is 22.6. The van der Waals surface area contributed by atoms with Crippen LogP contribution in [0.3, 0.4) is 0 Å². The number of H-pyrrole nitrogens is 1. The first-order valence-corrected chi connectivity index (χ1v) is 5.42. The smallest absolute Gasteiger partial charge is 0.219 e. The van der Waals surface area contributed by atoms with Gasteiger partial charge in [0.05, 0.1) is 5.69 Å². The molecule has 3 heterocycles. The maximum atomic E-state index is 4.14. The number of nitrogens with one attached hydrogen (secondary N) is 2. The van der Waals surface area contributed by atoms with Crippen molar-refractivity contribution in [2.75, 3.05) is 0 Å². The van der Waals surface area contributed by atoms with Crippen LogP contribution in [-0.4, -0.2) is 25.4 Å². The van der Waals surface area contributed by atoms with Crippen molar-refractivity contribution in [1.82, 2.24) is 30.7 Å². The molecule has 2 aromatic rings. The van der Waals surface area contributed by atoms with Crippen LogP contribution in [0.2, 0.25) is 0 Å². The molecule has 0 bridgehead atoms. The van der Waals surface area contributed by atoms with Crippen LogP contribution in [0.1, 0.15) is 19.2 Å². The van der Waals surface area contributed by atoms with Crippen LogP contribution in [-0.2, 0) is 5.54 Å². The van der Waals surface area contributed by atoms with E-state index in [1.54, 1.807) is 0 Å². The Morgan fingerprint density at radius 1 is 1.24 bits per heavy atom. The predicted molar refractivity (Wildman–Crippen MR) is 61.7 cm³/mol. The maximum absolute atomic E-state index is 4.14. The summed E-state index contributed by atoms with van der Waals surface area (Å²) in [5, 5.41) is 19.7. The van der Waals surface area contributed by atoms with Gasteiger partial charge in [0.2, 0.25) is 5.82 Å². The van der Waals surface area contributed by atoms with E-state index in [9.17, 15) is 0 Å². The van der Waals surface area contributed by atoms with E-state index >= 15 is 0 Å². The predicted octanol–water partition coefficient (Wildman–Crippen LogP) is 0.984. The van der Waals surface area contributed by atoms with Crippen LogP contribution < -0.4 is 5.32 Å². The standard InChI is InChI=1S/C11H12N6/c1-11(5-3-7-13-11)10-16-14-9(15-17-10)8-4-2-6-12-8/h2-4,6-7,12-13H,5H2,1H3. The highest BCUT2D eigenvalue weighted by molar-refractivity contribution is 5.47. The van der Waals surface area contributed by atoms with Gasteiger partial charge in [-0.15, -0.1) is 20.4 Å². The van der Waals surface area contributed by atoms with Gasteiger partial charge < -0.3 is 10.3 Å². The Labute approximate surface area is 98.2 Å². The Kier molecular flexibility index (Phi) is 2.14. The third-order valence-electron chi connectivity index (χ3n) is 2.86. The zero-order valence-electron chi connectivity index (χ0n) is 9.38. The third-order valence-corrected chi connectivity index (χ3v) is 2.86. The molecule has 6 heteroatoms. The fourth-order valence-electron chi connectivity index (χ4n) is 1.78. The Morgan fingerprint density at radius 3 is 2.65 bits per heavy atom. The average molecular weight is 228 g/mol. The van der Waals surface area contributed by atoms with E-state index < -0.39 is 0 Å². The van der Waals surface area contributed by atoms with Gasteiger partial charge in [-0.3, -0.25) is 0 Å². The second-order valence-corrected chi connectivity index (χ2v) is 4.21. The highest BCUT2D eigenvalue weighted by atomic mass is 15.3. The minimum atomic E-state index is -0.283. The summed E-state index contributed by atoms with van der Waals surface area (Å²) in [5.41, 5.74) is 0.535. The molecule has 1 unspecified atom stereocenters. The first-order valence-electron chi connectivity index (χ1n) is 5.42. The number of hydrogen-bond donors (Lipinski definition) is 2. The van der Waals surface area contributed by atoms with Gasteiger partial charge in [-0.25, -0.2) is 0 Å². The van der Waals surface area contributed by atoms with Crippen molar-refractivity contribution in [3.63, 3.8) is 0 Å². The van der Waals surface area contributed by atoms with Crippen molar-refractivity contribution in [3.8, 4) is 11.5 Å². The SMILES string of the molecule is CC1(c2nnc(-c3ccc[nH]3)nn2)CC=CN1. The third kappa shape index (κ3) is 1.67. The van der Waals surface area contributed by atoms with Crippen LogP contribution >= 0.6 is 0 Å². The summed E-state index contributed by atoms with van der Waals surface area (Å²) in [7, 11) is 0. The second-order valence-electron chi connectivity index (χ2n) is 4.21. The fourth-order valence-corrected chi connectivity index (χ4v) is 1.78. The lowest BCUT2D eigenvalue weighted by atomic mass is 10.0.